The van der Waals surface area contributed by atoms with Crippen LogP contribution in [0.15, 0.2) is 48.8 Å². The summed E-state index contributed by atoms with van der Waals surface area (Å²) in [6.07, 6.45) is 2.91. The van der Waals surface area contributed by atoms with Crippen LogP contribution in [0.3, 0.4) is 0 Å². The summed E-state index contributed by atoms with van der Waals surface area (Å²) in [6, 6.07) is 9.06. The van der Waals surface area contributed by atoms with E-state index in [0.29, 0.717) is 11.1 Å². The highest BCUT2D eigenvalue weighted by Gasteiger charge is 2.11. The average molecular weight is 449 g/mol. The van der Waals surface area contributed by atoms with Crippen molar-refractivity contribution in [3.8, 4) is 5.75 Å². The minimum atomic E-state index is -1.11. The molecule has 0 spiro atoms. The number of aliphatic carboxylic acids is 1. The molecule has 174 valence electrons. The molecule has 0 saturated heterocycles. The first-order valence-electron chi connectivity index (χ1n) is 9.24. The number of benzene rings is 1. The van der Waals surface area contributed by atoms with E-state index in [9.17, 15) is 24.3 Å². The highest BCUT2D eigenvalue weighted by atomic mass is 16.5. The number of hydrogen-bond acceptors (Lipinski definition) is 8. The molecule has 1 aromatic carbocycles. The first kappa shape index (κ1) is 28.2. The Labute approximate surface area is 185 Å². The van der Waals surface area contributed by atoms with Crippen LogP contribution in [0.25, 0.3) is 0 Å². The Bertz CT molecular complexity index is 895. The van der Waals surface area contributed by atoms with Crippen molar-refractivity contribution in [2.24, 2.45) is 0 Å². The number of rotatable bonds is 7. The second-order valence-corrected chi connectivity index (χ2v) is 6.98. The summed E-state index contributed by atoms with van der Waals surface area (Å²) in [5.41, 5.74) is 3.17. The first-order chi connectivity index (χ1) is 14.8. The Morgan fingerprint density at radius 3 is 2.06 bits per heavy atom. The summed E-state index contributed by atoms with van der Waals surface area (Å²) in [5, 5.41) is 27.0. The largest absolute Gasteiger partial charge is 0.550 e. The molecule has 2 aromatic rings. The van der Waals surface area contributed by atoms with E-state index in [0.717, 1.165) is 0 Å². The van der Waals surface area contributed by atoms with Gasteiger partial charge in [-0.15, -0.1) is 0 Å². The number of aromatic nitrogens is 1. The SMILES string of the molecule is CC(=O)Oc1ccccc1C(=O)O.C[N+](C)(C)NCCC(=O)[O-].O=C(O)c1cccnc1. The van der Waals surface area contributed by atoms with Crippen molar-refractivity contribution in [2.45, 2.75) is 13.3 Å². The molecule has 0 aliphatic rings. The van der Waals surface area contributed by atoms with E-state index < -0.39 is 23.9 Å². The number of carboxylic acids is 3. The van der Waals surface area contributed by atoms with Crippen LogP contribution < -0.4 is 15.3 Å². The van der Waals surface area contributed by atoms with Gasteiger partial charge < -0.3 is 24.9 Å². The molecule has 0 saturated carbocycles. The Kier molecular flexibility index (Phi) is 12.5. The zero-order chi connectivity index (χ0) is 24.7. The Balaban J connectivity index is 0.000000460. The lowest BCUT2D eigenvalue weighted by Gasteiger charge is -2.23. The van der Waals surface area contributed by atoms with Crippen molar-refractivity contribution in [1.29, 1.82) is 0 Å². The fourth-order valence-corrected chi connectivity index (χ4v) is 1.87. The second-order valence-electron chi connectivity index (χ2n) is 6.98. The molecule has 2 rings (SSSR count). The van der Waals surface area contributed by atoms with Gasteiger partial charge in [0.05, 0.1) is 26.7 Å². The van der Waals surface area contributed by atoms with Gasteiger partial charge in [0.1, 0.15) is 11.3 Å². The Morgan fingerprint density at radius 1 is 1.03 bits per heavy atom. The van der Waals surface area contributed by atoms with Gasteiger partial charge in [0.2, 0.25) is 0 Å². The summed E-state index contributed by atoms with van der Waals surface area (Å²) < 4.78 is 5.25. The van der Waals surface area contributed by atoms with Gasteiger partial charge in [0.25, 0.3) is 0 Å². The number of hydrogen-bond donors (Lipinski definition) is 3. The lowest BCUT2D eigenvalue weighted by atomic mass is 10.2. The normalized spacial score (nSPS) is 9.88. The number of aromatic carboxylic acids is 2. The lowest BCUT2D eigenvalue weighted by Crippen LogP contribution is -2.49. The highest BCUT2D eigenvalue weighted by molar-refractivity contribution is 5.91. The van der Waals surface area contributed by atoms with Gasteiger partial charge in [0.15, 0.2) is 0 Å². The van der Waals surface area contributed by atoms with Gasteiger partial charge in [0, 0.05) is 38.3 Å². The summed E-state index contributed by atoms with van der Waals surface area (Å²) in [4.78, 5) is 44.9. The fraction of sp³-hybridized carbons (Fsp3) is 0.286. The molecular weight excluding hydrogens is 422 g/mol. The number of carboxylic acid groups (broad SMARTS) is 3. The Morgan fingerprint density at radius 2 is 1.66 bits per heavy atom. The number of nitrogens with zero attached hydrogens (tertiary/aromatic N) is 2. The van der Waals surface area contributed by atoms with Gasteiger partial charge in [-0.3, -0.25) is 14.4 Å². The highest BCUT2D eigenvalue weighted by Crippen LogP contribution is 2.17. The number of quaternary nitrogens is 1. The van der Waals surface area contributed by atoms with Crippen molar-refractivity contribution < 1.29 is 43.8 Å². The molecule has 0 aliphatic heterocycles. The average Bonchev–Trinajstić information content (AvgIpc) is 2.68. The van der Waals surface area contributed by atoms with E-state index in [1.165, 1.54) is 37.5 Å². The summed E-state index contributed by atoms with van der Waals surface area (Å²) in [5.74, 6) is -3.53. The minimum absolute atomic E-state index is 0.0160. The van der Waals surface area contributed by atoms with E-state index in [1.807, 2.05) is 21.1 Å². The summed E-state index contributed by atoms with van der Waals surface area (Å²) >= 11 is 0. The van der Waals surface area contributed by atoms with Crippen LogP contribution in [0, 0.1) is 0 Å². The maximum Gasteiger partial charge on any atom is 0.339 e. The molecular formula is C21H27N3O8. The van der Waals surface area contributed by atoms with Crippen LogP contribution in [0.5, 0.6) is 5.75 Å². The second kappa shape index (κ2) is 14.2. The molecule has 0 amide bonds. The molecule has 11 nitrogen and oxygen atoms in total. The topological polar surface area (TPSA) is 166 Å². The van der Waals surface area contributed by atoms with Crippen LogP contribution in [-0.4, -0.2) is 71.4 Å². The van der Waals surface area contributed by atoms with E-state index >= 15 is 0 Å². The third-order valence-corrected chi connectivity index (χ3v) is 3.19. The molecule has 0 fully saturated rings. The number of pyridine rings is 1. The first-order valence-corrected chi connectivity index (χ1v) is 9.24. The zero-order valence-corrected chi connectivity index (χ0v) is 18.3. The maximum absolute atomic E-state index is 10.6. The van der Waals surface area contributed by atoms with Gasteiger partial charge in [-0.05, 0) is 24.3 Å². The quantitative estimate of drug-likeness (QED) is 0.233. The molecule has 0 atom stereocenters. The molecule has 1 heterocycles. The monoisotopic (exact) mass is 449 g/mol. The Hall–Kier alpha value is -3.83. The van der Waals surface area contributed by atoms with Crippen LogP contribution in [0.1, 0.15) is 34.1 Å². The van der Waals surface area contributed by atoms with Crippen molar-refractivity contribution in [3.63, 3.8) is 0 Å². The van der Waals surface area contributed by atoms with E-state index in [4.69, 9.17) is 10.2 Å². The lowest BCUT2D eigenvalue weighted by molar-refractivity contribution is -0.915. The number of ether oxygens (including phenoxy) is 1. The van der Waals surface area contributed by atoms with Crippen molar-refractivity contribution in [3.05, 3.63) is 59.9 Å². The molecule has 11 heteroatoms. The number of carbonyl (C=O) groups is 4. The van der Waals surface area contributed by atoms with E-state index in [1.54, 1.807) is 18.2 Å². The molecule has 1 aromatic heterocycles. The van der Waals surface area contributed by atoms with Crippen LogP contribution in [0.4, 0.5) is 0 Å². The number of carbonyl (C=O) groups excluding carboxylic acids is 2. The fourth-order valence-electron chi connectivity index (χ4n) is 1.87. The molecule has 0 aliphatic carbocycles. The van der Waals surface area contributed by atoms with E-state index in [2.05, 4.69) is 15.1 Å². The van der Waals surface area contributed by atoms with E-state index in [-0.39, 0.29) is 23.3 Å². The van der Waals surface area contributed by atoms with Crippen LogP contribution >= 0.6 is 0 Å². The predicted octanol–water partition coefficient (Wildman–Crippen LogP) is 0.427. The van der Waals surface area contributed by atoms with Gasteiger partial charge in [-0.1, -0.05) is 12.1 Å². The molecule has 0 radical (unpaired) electrons. The number of esters is 1. The van der Waals surface area contributed by atoms with Gasteiger partial charge >= 0.3 is 17.9 Å². The van der Waals surface area contributed by atoms with Crippen molar-refractivity contribution in [1.82, 2.24) is 10.4 Å². The zero-order valence-electron chi connectivity index (χ0n) is 18.3. The molecule has 32 heavy (non-hydrogen) atoms. The molecule has 0 unspecified atom stereocenters. The molecule has 3 N–H and O–H groups in total. The van der Waals surface area contributed by atoms with Crippen molar-refractivity contribution in [2.75, 3.05) is 27.7 Å². The third kappa shape index (κ3) is 14.2. The molecule has 0 bridgehead atoms. The predicted molar refractivity (Wildman–Crippen MR) is 112 cm³/mol. The van der Waals surface area contributed by atoms with Gasteiger partial charge in [-0.25, -0.2) is 9.59 Å². The number of para-hydroxylation sites is 1. The smallest absolute Gasteiger partial charge is 0.339 e. The maximum atomic E-state index is 10.6. The number of nitrogens with one attached hydrogen (secondary N) is 1. The minimum Gasteiger partial charge on any atom is -0.550 e. The third-order valence-electron chi connectivity index (χ3n) is 3.19. The van der Waals surface area contributed by atoms with Gasteiger partial charge in [-0.2, -0.15) is 5.43 Å². The summed E-state index contributed by atoms with van der Waals surface area (Å²) in [7, 11) is 5.78. The summed E-state index contributed by atoms with van der Waals surface area (Å²) in [6.45, 7) is 1.67. The van der Waals surface area contributed by atoms with Crippen LogP contribution in [-0.2, 0) is 9.59 Å². The van der Waals surface area contributed by atoms with Crippen molar-refractivity contribution >= 4 is 23.9 Å². The van der Waals surface area contributed by atoms with Crippen LogP contribution in [0.2, 0.25) is 0 Å². The standard InChI is InChI=1S/C9H8O4.C6H14N2O2.C6H5NO2/c1-6(10)13-8-5-3-2-4-7(8)9(11)12;1-8(2,3)7-5-4-6(9)10;8-6(9)5-2-1-3-7-4-5/h2-5H,1H3,(H,11,12);7H,4-5H2,1-3H3;1-4H,(H,8,9).